The van der Waals surface area contributed by atoms with Gasteiger partial charge in [-0.1, -0.05) is 0 Å². The summed E-state index contributed by atoms with van der Waals surface area (Å²) in [7, 11) is 0. The van der Waals surface area contributed by atoms with Gasteiger partial charge in [0.1, 0.15) is 0 Å². The average Bonchev–Trinajstić information content (AvgIpc) is 2.65. The second-order valence-corrected chi connectivity index (χ2v) is 7.62. The fourth-order valence-electron chi connectivity index (χ4n) is 1.88. The number of hydrogen-bond donors (Lipinski definition) is 0. The Morgan fingerprint density at radius 2 is 2.18 bits per heavy atom. The number of benzene rings is 1. The van der Waals surface area contributed by atoms with Crippen molar-refractivity contribution >= 4 is 47.0 Å². The zero-order chi connectivity index (χ0) is 12.4. The fraction of sp³-hybridized carbons (Fsp3) is 0.357. The van der Waals surface area contributed by atoms with E-state index in [4.69, 9.17) is 11.6 Å². The molecule has 17 heavy (non-hydrogen) atoms. The van der Waals surface area contributed by atoms with E-state index in [1.165, 1.54) is 18.2 Å². The van der Waals surface area contributed by atoms with E-state index in [9.17, 15) is 0 Å². The summed E-state index contributed by atoms with van der Waals surface area (Å²) in [5.41, 5.74) is 2.74. The number of halogens is 1. The molecular formula is C14H17ClNTe+. The molecule has 0 saturated carbocycles. The molecular weight excluding hydrogens is 345 g/mol. The maximum atomic E-state index is 6.18. The normalized spacial score (nSPS) is 12.4. The van der Waals surface area contributed by atoms with Crippen molar-refractivity contribution in [1.29, 1.82) is 0 Å². The van der Waals surface area contributed by atoms with Crippen LogP contribution in [0, 0.1) is 6.92 Å². The summed E-state index contributed by atoms with van der Waals surface area (Å²) in [5.74, 6) is 0. The molecule has 1 nitrogen and oxygen atoms in total. The predicted molar refractivity (Wildman–Crippen MR) is 75.6 cm³/mol. The first-order valence-electron chi connectivity index (χ1n) is 5.94. The molecule has 0 bridgehead atoms. The first kappa shape index (κ1) is 13.1. The van der Waals surface area contributed by atoms with Gasteiger partial charge < -0.3 is 0 Å². The summed E-state index contributed by atoms with van der Waals surface area (Å²) in [4.78, 5) is 0. The molecule has 1 aromatic heterocycles. The average molecular weight is 362 g/mol. The Morgan fingerprint density at radius 3 is 2.82 bits per heavy atom. The topological polar surface area (TPSA) is 3.88 Å². The molecule has 1 aromatic carbocycles. The second-order valence-electron chi connectivity index (χ2n) is 4.10. The Bertz CT molecular complexity index is 569. The maximum absolute atomic E-state index is 6.18. The number of allylic oxidation sites excluding steroid dienone is 1. The van der Waals surface area contributed by atoms with Gasteiger partial charge in [-0.15, -0.1) is 0 Å². The first-order chi connectivity index (χ1) is 8.15. The van der Waals surface area contributed by atoms with Crippen molar-refractivity contribution in [3.63, 3.8) is 0 Å². The van der Waals surface area contributed by atoms with Gasteiger partial charge in [0.25, 0.3) is 0 Å². The van der Waals surface area contributed by atoms with E-state index in [-0.39, 0.29) is 20.4 Å². The zero-order valence-corrected chi connectivity index (χ0v) is 13.5. The van der Waals surface area contributed by atoms with Crippen LogP contribution in [0.2, 0.25) is 0 Å². The van der Waals surface area contributed by atoms with Gasteiger partial charge in [-0.05, 0) is 0 Å². The van der Waals surface area contributed by atoms with E-state index in [1.807, 2.05) is 0 Å². The van der Waals surface area contributed by atoms with Crippen molar-refractivity contribution in [2.45, 2.75) is 33.7 Å². The van der Waals surface area contributed by atoms with Gasteiger partial charge in [-0.2, -0.15) is 0 Å². The van der Waals surface area contributed by atoms with Crippen molar-refractivity contribution in [1.82, 2.24) is 0 Å². The first-order valence-corrected chi connectivity index (χ1v) is 8.65. The summed E-state index contributed by atoms with van der Waals surface area (Å²) in [6.07, 6.45) is 3.10. The van der Waals surface area contributed by atoms with Crippen LogP contribution in [0.1, 0.15) is 29.5 Å². The van der Waals surface area contributed by atoms with Gasteiger partial charge in [0.2, 0.25) is 0 Å². The van der Waals surface area contributed by atoms with Crippen LogP contribution in [0.4, 0.5) is 0 Å². The third-order valence-electron chi connectivity index (χ3n) is 2.82. The van der Waals surface area contributed by atoms with Crippen molar-refractivity contribution < 1.29 is 4.57 Å². The molecule has 90 valence electrons. The summed E-state index contributed by atoms with van der Waals surface area (Å²) in [5, 5.41) is 0.966. The quantitative estimate of drug-likeness (QED) is 0.581. The summed E-state index contributed by atoms with van der Waals surface area (Å²) < 4.78 is 5.41. The minimum absolute atomic E-state index is 0.254. The summed E-state index contributed by atoms with van der Waals surface area (Å²) >= 11 is 5.92. The Hall–Kier alpha value is -0.290. The monoisotopic (exact) mass is 364 g/mol. The van der Waals surface area contributed by atoms with Gasteiger partial charge in [0.05, 0.1) is 0 Å². The van der Waals surface area contributed by atoms with Crippen LogP contribution in [0.15, 0.2) is 23.2 Å². The van der Waals surface area contributed by atoms with Gasteiger partial charge in [-0.25, -0.2) is 0 Å². The van der Waals surface area contributed by atoms with Crippen molar-refractivity contribution in [2.75, 3.05) is 0 Å². The fourth-order valence-corrected chi connectivity index (χ4v) is 5.54. The van der Waals surface area contributed by atoms with Crippen molar-refractivity contribution in [3.8, 4) is 0 Å². The molecule has 0 unspecified atom stereocenters. The van der Waals surface area contributed by atoms with Gasteiger partial charge in [0.15, 0.2) is 0 Å². The second kappa shape index (κ2) is 5.57. The zero-order valence-electron chi connectivity index (χ0n) is 10.5. The number of hydrogen-bond acceptors (Lipinski definition) is 0. The van der Waals surface area contributed by atoms with E-state index >= 15 is 0 Å². The molecule has 0 aliphatic carbocycles. The van der Waals surface area contributed by atoms with Crippen molar-refractivity contribution in [2.24, 2.45) is 0 Å². The van der Waals surface area contributed by atoms with E-state index in [0.29, 0.717) is 0 Å². The van der Waals surface area contributed by atoms with Crippen LogP contribution >= 0.6 is 11.6 Å². The standard InChI is InChI=1S/C14H17ClNTe/c1-4-11(15)9-14-16(5-2)12-8-10(3)6-7-13(12)17-14/h6-9H,4-5H2,1-3H3/q+1/b11-9+. The molecule has 0 amide bonds. The van der Waals surface area contributed by atoms with Crippen LogP contribution in [0.5, 0.6) is 0 Å². The molecule has 0 N–H and O–H groups in total. The molecule has 0 aliphatic rings. The Labute approximate surface area is 117 Å². The van der Waals surface area contributed by atoms with Gasteiger partial charge in [-0.3, -0.25) is 0 Å². The van der Waals surface area contributed by atoms with Crippen LogP contribution in [0.3, 0.4) is 0 Å². The van der Waals surface area contributed by atoms with Gasteiger partial charge in [0, 0.05) is 0 Å². The predicted octanol–water partition coefficient (Wildman–Crippen LogP) is 3.50. The Balaban J connectivity index is 2.64. The molecule has 0 fully saturated rings. The third kappa shape index (κ3) is 2.76. The number of aromatic nitrogens is 1. The molecule has 0 saturated heterocycles. The number of aryl methyl sites for hydroxylation is 2. The number of fused-ring (bicyclic) bond motifs is 1. The molecule has 1 heterocycles. The molecule has 0 radical (unpaired) electrons. The molecule has 0 spiro atoms. The Morgan fingerprint density at radius 1 is 1.41 bits per heavy atom. The molecule has 2 rings (SSSR count). The number of rotatable bonds is 3. The van der Waals surface area contributed by atoms with Crippen LogP contribution in [-0.2, 0) is 6.54 Å². The van der Waals surface area contributed by atoms with E-state index in [1.54, 1.807) is 0 Å². The van der Waals surface area contributed by atoms with Gasteiger partial charge >= 0.3 is 118 Å². The molecule has 2 aromatic rings. The summed E-state index contributed by atoms with van der Waals surface area (Å²) in [6, 6.07) is 6.80. The van der Waals surface area contributed by atoms with Crippen LogP contribution in [0.25, 0.3) is 15.0 Å². The van der Waals surface area contributed by atoms with E-state index < -0.39 is 0 Å². The molecule has 0 atom stereocenters. The number of nitrogens with zero attached hydrogens (tertiary/aromatic N) is 1. The van der Waals surface area contributed by atoms with Crippen LogP contribution in [-0.4, -0.2) is 20.4 Å². The summed E-state index contributed by atoms with van der Waals surface area (Å²) in [6.45, 7) is 7.49. The molecule has 3 heteroatoms. The van der Waals surface area contributed by atoms with Crippen LogP contribution < -0.4 is 4.57 Å². The molecule has 0 aliphatic heterocycles. The van der Waals surface area contributed by atoms with E-state index in [0.717, 1.165) is 18.0 Å². The Kier molecular flexibility index (Phi) is 4.31. The van der Waals surface area contributed by atoms with E-state index in [2.05, 4.69) is 49.6 Å². The minimum atomic E-state index is -0.254. The van der Waals surface area contributed by atoms with Crippen molar-refractivity contribution in [3.05, 3.63) is 32.5 Å². The SMILES string of the molecule is CC/C(Cl)=C\c1[te]c2ccc(C)cc2[n+]1CC. The third-order valence-corrected chi connectivity index (χ3v) is 6.37.